The van der Waals surface area contributed by atoms with E-state index in [1.165, 1.54) is 37.3 Å². The first-order chi connectivity index (χ1) is 16.0. The molecule has 0 aliphatic carbocycles. The fourth-order valence-corrected chi connectivity index (χ4v) is 4.95. The van der Waals surface area contributed by atoms with Gasteiger partial charge in [-0.1, -0.05) is 32.4 Å². The second kappa shape index (κ2) is 14.0. The third kappa shape index (κ3) is 8.61. The van der Waals surface area contributed by atoms with Gasteiger partial charge in [0.15, 0.2) is 15.6 Å². The molecule has 0 saturated heterocycles. The van der Waals surface area contributed by atoms with Crippen LogP contribution in [-0.4, -0.2) is 47.8 Å². The number of benzene rings is 2. The summed E-state index contributed by atoms with van der Waals surface area (Å²) in [6, 6.07) is 8.90. The van der Waals surface area contributed by atoms with E-state index in [9.17, 15) is 28.2 Å². The normalized spacial score (nSPS) is 12.9. The van der Waals surface area contributed by atoms with Gasteiger partial charge in [-0.3, -0.25) is 9.59 Å². The van der Waals surface area contributed by atoms with E-state index >= 15 is 0 Å². The maximum atomic E-state index is 12.7. The summed E-state index contributed by atoms with van der Waals surface area (Å²) in [7, 11) is -3.59. The maximum Gasteiger partial charge on any atom is 1.00 e. The van der Waals surface area contributed by atoms with Gasteiger partial charge in [-0.05, 0) is 55.5 Å². The van der Waals surface area contributed by atoms with Gasteiger partial charge in [0.1, 0.15) is 11.5 Å². The van der Waals surface area contributed by atoms with Gasteiger partial charge in [-0.25, -0.2) is 8.42 Å². The molecule has 0 aromatic heterocycles. The van der Waals surface area contributed by atoms with Crippen LogP contribution in [0, 0.1) is 5.92 Å². The Balaban J connectivity index is 0.00000612. The first-order valence-corrected chi connectivity index (χ1v) is 12.8. The number of aromatic hydroxyl groups is 1. The Kier molecular flexibility index (Phi) is 12.4. The van der Waals surface area contributed by atoms with E-state index in [4.69, 9.17) is 9.84 Å². The van der Waals surface area contributed by atoms with E-state index in [1.54, 1.807) is 13.0 Å². The summed E-state index contributed by atoms with van der Waals surface area (Å²) in [4.78, 5) is 22.6. The Hall–Kier alpha value is -1.91. The largest absolute Gasteiger partial charge is 1.00 e. The molecule has 2 rings (SSSR count). The molecule has 0 saturated carbocycles. The number of aliphatic hydroxyl groups is 1. The molecule has 0 bridgehead atoms. The number of carboxylic acids is 1. The average Bonchev–Trinajstić information content (AvgIpc) is 2.77. The van der Waals surface area contributed by atoms with Crippen molar-refractivity contribution in [3.8, 4) is 11.5 Å². The summed E-state index contributed by atoms with van der Waals surface area (Å²) in [6.45, 7) is 5.04. The monoisotopic (exact) mass is 516 g/mol. The van der Waals surface area contributed by atoms with Crippen molar-refractivity contribution in [1.29, 1.82) is 0 Å². The molecule has 0 radical (unpaired) electrons. The summed E-state index contributed by atoms with van der Waals surface area (Å²) < 4.78 is 31.1. The van der Waals surface area contributed by atoms with Gasteiger partial charge in [-0.15, -0.1) is 0 Å². The van der Waals surface area contributed by atoms with Crippen LogP contribution in [0.4, 0.5) is 0 Å². The van der Waals surface area contributed by atoms with Crippen molar-refractivity contribution >= 4 is 21.6 Å². The summed E-state index contributed by atoms with van der Waals surface area (Å²) in [6.07, 6.45) is 0.257. The fraction of sp³-hybridized carbons (Fsp3) is 0.440. The van der Waals surface area contributed by atoms with E-state index < -0.39 is 27.8 Å². The molecule has 2 atom stereocenters. The maximum absolute atomic E-state index is 12.7. The number of aliphatic hydroxyl groups excluding tert-OH is 1. The number of sulfone groups is 1. The third-order valence-corrected chi connectivity index (χ3v) is 7.37. The molecule has 2 aromatic rings. The quantitative estimate of drug-likeness (QED) is 0.204. The molecular formula is C25H33NaO8S. The Morgan fingerprint density at radius 3 is 2.29 bits per heavy atom. The van der Waals surface area contributed by atoms with E-state index in [1.807, 2.05) is 6.92 Å². The van der Waals surface area contributed by atoms with E-state index in [0.717, 1.165) is 6.42 Å². The average molecular weight is 517 g/mol. The van der Waals surface area contributed by atoms with E-state index in [0.29, 0.717) is 23.3 Å². The molecule has 2 aromatic carbocycles. The number of Topliss-reactive ketones (excluding diaryl/α,β-unsaturated/α-hetero) is 1. The van der Waals surface area contributed by atoms with Crippen molar-refractivity contribution in [1.82, 2.24) is 0 Å². The molecule has 0 aliphatic rings. The molecule has 0 heterocycles. The zero-order valence-corrected chi connectivity index (χ0v) is 23.5. The van der Waals surface area contributed by atoms with Crippen LogP contribution in [0.5, 0.6) is 11.5 Å². The smallest absolute Gasteiger partial charge is 1.00 e. The zero-order chi connectivity index (χ0) is 25.5. The number of carbonyl (C=O) groups is 2. The number of aliphatic carboxylic acids is 1. The second-order valence-corrected chi connectivity index (χ2v) is 10.5. The van der Waals surface area contributed by atoms with Gasteiger partial charge in [0, 0.05) is 5.56 Å². The summed E-state index contributed by atoms with van der Waals surface area (Å²) in [5.41, 5.74) is 1.21. The van der Waals surface area contributed by atoms with Crippen LogP contribution in [0.2, 0.25) is 0 Å². The standard InChI is InChI=1S/C25H32O8S.Na.H/c1-4-6-21-22(12-11-20(17(3)26)25(21)30)33-13-5-14-34(31,32)19-9-7-18(8-10-19)24(29)16(2)15-23(27)28;;/h7-12,16,24,29-30H,4-6,13-15H2,1-3H3,(H,27,28);;/q;+1;-1. The molecule has 2 unspecified atom stereocenters. The topological polar surface area (TPSA) is 138 Å². The number of ether oxygens (including phenoxy) is 1. The van der Waals surface area contributed by atoms with Crippen LogP contribution in [0.15, 0.2) is 41.3 Å². The molecule has 0 amide bonds. The van der Waals surface area contributed by atoms with Crippen molar-refractivity contribution in [2.45, 2.75) is 57.5 Å². The van der Waals surface area contributed by atoms with Crippen LogP contribution in [-0.2, 0) is 21.1 Å². The Morgan fingerprint density at radius 1 is 1.11 bits per heavy atom. The first kappa shape index (κ1) is 31.1. The van der Waals surface area contributed by atoms with Crippen LogP contribution in [0.1, 0.15) is 69.0 Å². The number of carbonyl (C=O) groups excluding carboxylic acids is 1. The van der Waals surface area contributed by atoms with Crippen LogP contribution in [0.25, 0.3) is 0 Å². The fourth-order valence-electron chi connectivity index (χ4n) is 3.67. The molecule has 35 heavy (non-hydrogen) atoms. The Bertz CT molecular complexity index is 1120. The van der Waals surface area contributed by atoms with Crippen LogP contribution < -0.4 is 34.3 Å². The Morgan fingerprint density at radius 2 is 1.74 bits per heavy atom. The molecule has 10 heteroatoms. The molecule has 0 aliphatic heterocycles. The molecule has 8 nitrogen and oxygen atoms in total. The van der Waals surface area contributed by atoms with Gasteiger partial charge in [0.05, 0.1) is 35.3 Å². The van der Waals surface area contributed by atoms with Crippen molar-refractivity contribution in [3.63, 3.8) is 0 Å². The van der Waals surface area contributed by atoms with Gasteiger partial charge in [0.25, 0.3) is 0 Å². The molecule has 0 spiro atoms. The molecule has 3 N–H and O–H groups in total. The van der Waals surface area contributed by atoms with Crippen LogP contribution >= 0.6 is 0 Å². The van der Waals surface area contributed by atoms with E-state index in [-0.39, 0.29) is 78.2 Å². The predicted octanol–water partition coefficient (Wildman–Crippen LogP) is 1.05. The minimum atomic E-state index is -3.59. The SMILES string of the molecule is CCCc1c(OCCCS(=O)(=O)c2ccc(C(O)C(C)CC(=O)O)cc2)ccc(C(C)=O)c1O.[H-].[Na+]. The molecular weight excluding hydrogens is 483 g/mol. The number of phenols is 1. The Labute approximate surface area is 230 Å². The van der Waals surface area contributed by atoms with Crippen molar-refractivity contribution in [3.05, 3.63) is 53.1 Å². The number of carboxylic acid groups (broad SMARTS) is 1. The minimum Gasteiger partial charge on any atom is -1.00 e. The number of hydrogen-bond acceptors (Lipinski definition) is 7. The van der Waals surface area contributed by atoms with Crippen molar-refractivity contribution < 1.29 is 69.0 Å². The summed E-state index contributed by atoms with van der Waals surface area (Å²) >= 11 is 0. The zero-order valence-electron chi connectivity index (χ0n) is 21.7. The van der Waals surface area contributed by atoms with Crippen molar-refractivity contribution in [2.75, 3.05) is 12.4 Å². The summed E-state index contributed by atoms with van der Waals surface area (Å²) in [5, 5.41) is 29.5. The van der Waals surface area contributed by atoms with Gasteiger partial charge in [0.2, 0.25) is 0 Å². The van der Waals surface area contributed by atoms with Gasteiger partial charge in [-0.2, -0.15) is 0 Å². The van der Waals surface area contributed by atoms with Crippen LogP contribution in [0.3, 0.4) is 0 Å². The second-order valence-electron chi connectivity index (χ2n) is 8.35. The molecule has 0 fully saturated rings. The predicted molar refractivity (Wildman–Crippen MR) is 128 cm³/mol. The summed E-state index contributed by atoms with van der Waals surface area (Å²) in [5.74, 6) is -1.61. The van der Waals surface area contributed by atoms with E-state index in [2.05, 4.69) is 0 Å². The number of ketones is 1. The number of hydrogen-bond donors (Lipinski definition) is 3. The minimum absolute atomic E-state index is 0. The third-order valence-electron chi connectivity index (χ3n) is 5.55. The van der Waals surface area contributed by atoms with Gasteiger partial charge < -0.3 is 21.5 Å². The number of rotatable bonds is 13. The number of phenolic OH excluding ortho intramolecular Hbond substituents is 1. The first-order valence-electron chi connectivity index (χ1n) is 11.2. The molecule has 188 valence electrons. The van der Waals surface area contributed by atoms with Gasteiger partial charge >= 0.3 is 35.5 Å². The van der Waals surface area contributed by atoms with Crippen molar-refractivity contribution in [2.24, 2.45) is 5.92 Å².